The topological polar surface area (TPSA) is 68.1 Å². The van der Waals surface area contributed by atoms with Crippen molar-refractivity contribution in [2.45, 2.75) is 6.92 Å². The van der Waals surface area contributed by atoms with Crippen molar-refractivity contribution in [2.24, 2.45) is 0 Å². The molecule has 32 heavy (non-hydrogen) atoms. The van der Waals surface area contributed by atoms with Gasteiger partial charge in [0.1, 0.15) is 9.36 Å². The molecule has 2 aromatic carbocycles. The van der Waals surface area contributed by atoms with Gasteiger partial charge in [-0.05, 0) is 24.1 Å². The summed E-state index contributed by atoms with van der Waals surface area (Å²) >= 11 is 1.17. The van der Waals surface area contributed by atoms with Crippen LogP contribution in [-0.2, 0) is 4.74 Å². The van der Waals surface area contributed by atoms with Gasteiger partial charge >= 0.3 is 5.97 Å². The molecule has 0 unspecified atom stereocenters. The van der Waals surface area contributed by atoms with Crippen LogP contribution >= 0.6 is 11.3 Å². The second-order valence-electron chi connectivity index (χ2n) is 7.44. The van der Waals surface area contributed by atoms with Crippen molar-refractivity contribution in [3.05, 3.63) is 92.4 Å². The molecule has 0 atom stereocenters. The van der Waals surface area contributed by atoms with E-state index in [2.05, 4.69) is 0 Å². The van der Waals surface area contributed by atoms with Crippen LogP contribution in [0.3, 0.4) is 0 Å². The third kappa shape index (κ3) is 3.94. The fourth-order valence-electron chi connectivity index (χ4n) is 3.48. The third-order valence-corrected chi connectivity index (χ3v) is 6.03. The highest BCUT2D eigenvalue weighted by atomic mass is 32.1. The molecule has 2 heterocycles. The lowest BCUT2D eigenvalue weighted by molar-refractivity contribution is 0.0529. The van der Waals surface area contributed by atoms with Crippen LogP contribution in [0.5, 0.6) is 0 Å². The van der Waals surface area contributed by atoms with Gasteiger partial charge in [-0.3, -0.25) is 14.0 Å². The summed E-state index contributed by atoms with van der Waals surface area (Å²) in [5, 5.41) is 0. The van der Waals surface area contributed by atoms with Crippen molar-refractivity contribution in [3.63, 3.8) is 0 Å². The Bertz CT molecular complexity index is 1400. The molecule has 0 aliphatic rings. The summed E-state index contributed by atoms with van der Waals surface area (Å²) in [4.78, 5) is 41.1. The minimum atomic E-state index is -0.555. The van der Waals surface area contributed by atoms with E-state index in [9.17, 15) is 14.4 Å². The minimum Gasteiger partial charge on any atom is -0.462 e. The summed E-state index contributed by atoms with van der Waals surface area (Å²) in [7, 11) is 3.61. The van der Waals surface area contributed by atoms with Gasteiger partial charge < -0.3 is 9.64 Å². The lowest BCUT2D eigenvalue weighted by atomic mass is 10.0. The Hall–Kier alpha value is -3.71. The van der Waals surface area contributed by atoms with Gasteiger partial charge in [-0.15, -0.1) is 11.3 Å². The van der Waals surface area contributed by atoms with Crippen LogP contribution in [0.15, 0.2) is 65.5 Å². The fourth-order valence-corrected chi connectivity index (χ4v) is 4.66. The first-order valence-corrected chi connectivity index (χ1v) is 11.0. The Balaban J connectivity index is 1.82. The maximum Gasteiger partial charge on any atom is 0.341 e. The van der Waals surface area contributed by atoms with Crippen LogP contribution < -0.4 is 10.1 Å². The van der Waals surface area contributed by atoms with E-state index in [0.717, 1.165) is 11.1 Å². The Morgan fingerprint density at radius 1 is 1.03 bits per heavy atom. The van der Waals surface area contributed by atoms with E-state index in [1.807, 2.05) is 42.5 Å². The number of benzene rings is 2. The quantitative estimate of drug-likeness (QED) is 0.335. The molecule has 0 radical (unpaired) electrons. The molecule has 0 amide bonds. The molecule has 6 nitrogen and oxygen atoms in total. The Kier molecular flexibility index (Phi) is 5.92. The number of rotatable bonds is 6. The number of aromatic nitrogens is 1. The largest absolute Gasteiger partial charge is 0.462 e. The zero-order chi connectivity index (χ0) is 22.8. The van der Waals surface area contributed by atoms with Gasteiger partial charge in [-0.25, -0.2) is 4.79 Å². The molecule has 0 aliphatic carbocycles. The van der Waals surface area contributed by atoms with Crippen molar-refractivity contribution in [1.29, 1.82) is 0 Å². The summed E-state index contributed by atoms with van der Waals surface area (Å²) in [6, 6.07) is 18.5. The predicted octanol–water partition coefficient (Wildman–Crippen LogP) is 3.45. The number of carbonyl (C=O) groups is 2. The molecule has 0 saturated heterocycles. The van der Waals surface area contributed by atoms with Gasteiger partial charge in [0.15, 0.2) is 0 Å². The molecule has 7 heteroatoms. The van der Waals surface area contributed by atoms with Crippen molar-refractivity contribution in [2.75, 3.05) is 20.7 Å². The van der Waals surface area contributed by atoms with Crippen LogP contribution in [0.25, 0.3) is 22.2 Å². The van der Waals surface area contributed by atoms with Crippen molar-refractivity contribution >= 4 is 34.1 Å². The van der Waals surface area contributed by atoms with Gasteiger partial charge in [0, 0.05) is 25.9 Å². The first-order valence-electron chi connectivity index (χ1n) is 10.1. The van der Waals surface area contributed by atoms with Crippen molar-refractivity contribution in [3.8, 4) is 11.1 Å². The highest BCUT2D eigenvalue weighted by molar-refractivity contribution is 7.15. The zero-order valence-electron chi connectivity index (χ0n) is 18.0. The molecule has 4 rings (SSSR count). The number of nitrogens with zero attached hydrogens (tertiary/aromatic N) is 2. The highest BCUT2D eigenvalue weighted by Gasteiger charge is 2.25. The molecule has 162 valence electrons. The number of hydrogen-bond acceptors (Lipinski definition) is 6. The smallest absolute Gasteiger partial charge is 0.341 e. The molecule has 0 aliphatic heterocycles. The van der Waals surface area contributed by atoms with Gasteiger partial charge in [-0.2, -0.15) is 0 Å². The maximum atomic E-state index is 13.4. The SMILES string of the molecule is CCOC(=O)c1cc(C(=O)c2ccc(-c3ccccc3)cc2)n2c(=O)c(=CN(C)C)sc12. The molecule has 0 saturated carbocycles. The molecule has 0 fully saturated rings. The van der Waals surface area contributed by atoms with Gasteiger partial charge in [0.25, 0.3) is 5.56 Å². The highest BCUT2D eigenvalue weighted by Crippen LogP contribution is 2.24. The predicted molar refractivity (Wildman–Crippen MR) is 126 cm³/mol. The molecule has 0 spiro atoms. The average molecular weight is 447 g/mol. The van der Waals surface area contributed by atoms with E-state index in [1.165, 1.54) is 21.8 Å². The van der Waals surface area contributed by atoms with E-state index in [-0.39, 0.29) is 29.2 Å². The van der Waals surface area contributed by atoms with Crippen LogP contribution in [0.2, 0.25) is 0 Å². The van der Waals surface area contributed by atoms with E-state index in [4.69, 9.17) is 4.74 Å². The Morgan fingerprint density at radius 2 is 1.69 bits per heavy atom. The molecule has 2 aromatic heterocycles. The second kappa shape index (κ2) is 8.80. The van der Waals surface area contributed by atoms with E-state index < -0.39 is 5.97 Å². The number of hydrogen-bond donors (Lipinski definition) is 0. The van der Waals surface area contributed by atoms with E-state index in [0.29, 0.717) is 14.9 Å². The number of thiazole rings is 1. The molecule has 0 N–H and O–H groups in total. The first-order chi connectivity index (χ1) is 15.4. The minimum absolute atomic E-state index is 0.148. The summed E-state index contributed by atoms with van der Waals surface area (Å²) < 4.78 is 6.90. The van der Waals surface area contributed by atoms with Crippen molar-refractivity contribution < 1.29 is 14.3 Å². The molecule has 4 aromatic rings. The summed E-state index contributed by atoms with van der Waals surface area (Å²) in [6.07, 6.45) is 1.68. The lowest BCUT2D eigenvalue weighted by Gasteiger charge is -2.04. The monoisotopic (exact) mass is 446 g/mol. The van der Waals surface area contributed by atoms with Gasteiger partial charge in [0.2, 0.25) is 5.78 Å². The standard InChI is InChI=1S/C25H22N2O4S/c1-4-31-25(30)19-14-20(27-23(29)21(15-26(2)3)32-24(19)27)22(28)18-12-10-17(11-13-18)16-8-6-5-7-9-16/h5-15H,4H2,1-3H3. The van der Waals surface area contributed by atoms with Gasteiger partial charge in [-0.1, -0.05) is 54.6 Å². The maximum absolute atomic E-state index is 13.4. The number of ether oxygens (including phenoxy) is 1. The first kappa shape index (κ1) is 21.5. The number of ketones is 1. The normalized spacial score (nSPS) is 11.7. The van der Waals surface area contributed by atoms with Crippen molar-refractivity contribution in [1.82, 2.24) is 9.30 Å². The molecular weight excluding hydrogens is 424 g/mol. The van der Waals surface area contributed by atoms with Crippen LogP contribution in [-0.4, -0.2) is 41.8 Å². The second-order valence-corrected chi connectivity index (χ2v) is 8.47. The number of esters is 1. The van der Waals surface area contributed by atoms with Gasteiger partial charge in [0.05, 0.1) is 17.9 Å². The van der Waals surface area contributed by atoms with Crippen LogP contribution in [0, 0.1) is 0 Å². The summed E-state index contributed by atoms with van der Waals surface area (Å²) in [6.45, 7) is 1.91. The van der Waals surface area contributed by atoms with E-state index >= 15 is 0 Å². The average Bonchev–Trinajstić information content (AvgIpc) is 3.31. The number of carbonyl (C=O) groups excluding carboxylic acids is 2. The van der Waals surface area contributed by atoms with Crippen LogP contribution in [0.4, 0.5) is 0 Å². The lowest BCUT2D eigenvalue weighted by Crippen LogP contribution is -2.27. The Morgan fingerprint density at radius 3 is 2.31 bits per heavy atom. The molecule has 0 bridgehead atoms. The fraction of sp³-hybridized carbons (Fsp3) is 0.160. The number of fused-ring (bicyclic) bond motifs is 1. The zero-order valence-corrected chi connectivity index (χ0v) is 18.8. The molecular formula is C25H22N2O4S. The Labute approximate surface area is 189 Å². The van der Waals surface area contributed by atoms with E-state index in [1.54, 1.807) is 44.3 Å². The van der Waals surface area contributed by atoms with Crippen LogP contribution in [0.1, 0.15) is 33.3 Å². The summed E-state index contributed by atoms with van der Waals surface area (Å²) in [5.41, 5.74) is 2.50. The summed E-state index contributed by atoms with van der Waals surface area (Å²) in [5.74, 6) is -0.886. The third-order valence-electron chi connectivity index (χ3n) is 4.93.